The maximum absolute atomic E-state index is 12.4. The fourth-order valence-electron chi connectivity index (χ4n) is 3.13. The van der Waals surface area contributed by atoms with Gasteiger partial charge >= 0.3 is 0 Å². The number of carbonyl (C=O) groups excluding carboxylic acids is 2. The van der Waals surface area contributed by atoms with Crippen LogP contribution >= 0.6 is 0 Å². The summed E-state index contributed by atoms with van der Waals surface area (Å²) in [6.45, 7) is 6.70. The number of piperidine rings is 1. The second kappa shape index (κ2) is 7.72. The number of furan rings is 1. The summed E-state index contributed by atoms with van der Waals surface area (Å²) in [6, 6.07) is -0.576. The molecule has 3 heterocycles. The van der Waals surface area contributed by atoms with Crippen molar-refractivity contribution >= 4 is 22.9 Å². The van der Waals surface area contributed by atoms with Crippen LogP contribution in [0.15, 0.2) is 10.7 Å². The minimum atomic E-state index is -0.576. The Morgan fingerprint density at radius 1 is 1.27 bits per heavy atom. The van der Waals surface area contributed by atoms with Crippen LogP contribution in [-0.2, 0) is 9.59 Å². The van der Waals surface area contributed by atoms with Crippen LogP contribution in [0.5, 0.6) is 5.88 Å². The first-order valence-electron chi connectivity index (χ1n) is 8.89. The lowest BCUT2D eigenvalue weighted by Gasteiger charge is -2.29. The Morgan fingerprint density at radius 3 is 2.73 bits per heavy atom. The molecule has 0 radical (unpaired) electrons. The average molecular weight is 360 g/mol. The maximum Gasteiger partial charge on any atom is 0.258 e. The third-order valence-corrected chi connectivity index (χ3v) is 4.69. The molecule has 0 aromatic carbocycles. The molecule has 3 rings (SSSR count). The average Bonchev–Trinajstić information content (AvgIpc) is 2.94. The molecule has 1 aliphatic rings. The first-order chi connectivity index (χ1) is 12.5. The first kappa shape index (κ1) is 18.2. The number of fused-ring (bicyclic) bond motifs is 1. The lowest BCUT2D eigenvalue weighted by molar-refractivity contribution is -0.137. The molecular formula is C18H24N4O4. The molecule has 140 valence electrons. The summed E-state index contributed by atoms with van der Waals surface area (Å²) in [6.07, 6.45) is 4.52. The SMILES string of the molecule is Cc1oc2ncnc(OCC(=O)NC(C)C(=O)N3CCCCC3)c2c1C. The van der Waals surface area contributed by atoms with E-state index in [4.69, 9.17) is 9.15 Å². The highest BCUT2D eigenvalue weighted by atomic mass is 16.5. The Hall–Kier alpha value is -2.64. The second-order valence-corrected chi connectivity index (χ2v) is 6.61. The highest BCUT2D eigenvalue weighted by Crippen LogP contribution is 2.29. The molecule has 2 aromatic rings. The molecule has 0 saturated carbocycles. The number of aryl methyl sites for hydroxylation is 2. The van der Waals surface area contributed by atoms with Gasteiger partial charge in [0.2, 0.25) is 17.5 Å². The Bertz CT molecular complexity index is 811. The van der Waals surface area contributed by atoms with Gasteiger partial charge in [-0.15, -0.1) is 0 Å². The van der Waals surface area contributed by atoms with Gasteiger partial charge in [-0.2, -0.15) is 0 Å². The number of nitrogens with zero attached hydrogens (tertiary/aromatic N) is 3. The number of rotatable bonds is 5. The van der Waals surface area contributed by atoms with E-state index in [1.165, 1.54) is 6.33 Å². The maximum atomic E-state index is 12.4. The minimum absolute atomic E-state index is 0.0521. The Morgan fingerprint density at radius 2 is 2.00 bits per heavy atom. The van der Waals surface area contributed by atoms with Gasteiger partial charge < -0.3 is 19.4 Å². The Kier molecular flexibility index (Phi) is 5.39. The van der Waals surface area contributed by atoms with E-state index >= 15 is 0 Å². The fourth-order valence-corrected chi connectivity index (χ4v) is 3.13. The molecule has 1 N–H and O–H groups in total. The standard InChI is InChI=1S/C18H24N4O4/c1-11-13(3)26-17-15(11)16(19-10-20-17)25-9-14(23)21-12(2)18(24)22-7-5-4-6-8-22/h10,12H,4-9H2,1-3H3,(H,21,23). The third-order valence-electron chi connectivity index (χ3n) is 4.69. The van der Waals surface area contributed by atoms with Crippen LogP contribution < -0.4 is 10.1 Å². The largest absolute Gasteiger partial charge is 0.467 e. The molecular weight excluding hydrogens is 336 g/mol. The van der Waals surface area contributed by atoms with E-state index in [1.54, 1.807) is 11.8 Å². The molecule has 0 aliphatic carbocycles. The van der Waals surface area contributed by atoms with Crippen LogP contribution in [0.4, 0.5) is 0 Å². The van der Waals surface area contributed by atoms with Crippen molar-refractivity contribution in [2.45, 2.75) is 46.1 Å². The van der Waals surface area contributed by atoms with E-state index in [0.717, 1.165) is 43.7 Å². The van der Waals surface area contributed by atoms with Crippen LogP contribution in [0.3, 0.4) is 0 Å². The van der Waals surface area contributed by atoms with Gasteiger partial charge in [0.1, 0.15) is 23.5 Å². The summed E-state index contributed by atoms with van der Waals surface area (Å²) in [5, 5.41) is 3.36. The van der Waals surface area contributed by atoms with Crippen LogP contribution in [0, 0.1) is 13.8 Å². The number of hydrogen-bond donors (Lipinski definition) is 1. The van der Waals surface area contributed by atoms with Gasteiger partial charge in [0.15, 0.2) is 6.61 Å². The number of ether oxygens (including phenoxy) is 1. The van der Waals surface area contributed by atoms with E-state index in [0.29, 0.717) is 17.0 Å². The van der Waals surface area contributed by atoms with Crippen molar-refractivity contribution in [1.82, 2.24) is 20.2 Å². The van der Waals surface area contributed by atoms with E-state index < -0.39 is 6.04 Å². The zero-order chi connectivity index (χ0) is 18.7. The highest BCUT2D eigenvalue weighted by Gasteiger charge is 2.23. The minimum Gasteiger partial charge on any atom is -0.467 e. The molecule has 1 fully saturated rings. The molecule has 8 nitrogen and oxygen atoms in total. The van der Waals surface area contributed by atoms with Gasteiger partial charge in [-0.3, -0.25) is 9.59 Å². The zero-order valence-corrected chi connectivity index (χ0v) is 15.4. The van der Waals surface area contributed by atoms with Gasteiger partial charge in [-0.25, -0.2) is 9.97 Å². The molecule has 2 aromatic heterocycles. The van der Waals surface area contributed by atoms with Crippen LogP contribution in [0.25, 0.3) is 11.1 Å². The predicted molar refractivity (Wildman–Crippen MR) is 94.8 cm³/mol. The topological polar surface area (TPSA) is 97.6 Å². The number of likely N-dealkylation sites (tertiary alicyclic amines) is 1. The molecule has 1 aliphatic heterocycles. The molecule has 8 heteroatoms. The van der Waals surface area contributed by atoms with Gasteiger partial charge in [0.25, 0.3) is 5.91 Å². The smallest absolute Gasteiger partial charge is 0.258 e. The fraction of sp³-hybridized carbons (Fsp3) is 0.556. The molecule has 1 saturated heterocycles. The van der Waals surface area contributed by atoms with Gasteiger partial charge in [-0.05, 0) is 40.0 Å². The quantitative estimate of drug-likeness (QED) is 0.872. The van der Waals surface area contributed by atoms with Crippen molar-refractivity contribution in [3.8, 4) is 5.88 Å². The summed E-state index contributed by atoms with van der Waals surface area (Å²) in [4.78, 5) is 34.5. The van der Waals surface area contributed by atoms with Gasteiger partial charge in [0.05, 0.1) is 0 Å². The molecule has 2 amide bonds. The van der Waals surface area contributed by atoms with Crippen LogP contribution in [0.2, 0.25) is 0 Å². The van der Waals surface area contributed by atoms with Crippen LogP contribution in [-0.4, -0.2) is 52.4 Å². The number of aromatic nitrogens is 2. The van der Waals surface area contributed by atoms with Crippen LogP contribution in [0.1, 0.15) is 37.5 Å². The van der Waals surface area contributed by atoms with Crippen molar-refractivity contribution in [2.24, 2.45) is 0 Å². The van der Waals surface area contributed by atoms with Gasteiger partial charge in [0, 0.05) is 18.7 Å². The number of nitrogens with one attached hydrogen (secondary N) is 1. The number of carbonyl (C=O) groups is 2. The molecule has 0 bridgehead atoms. The van der Waals surface area contributed by atoms with E-state index in [2.05, 4.69) is 15.3 Å². The summed E-state index contributed by atoms with van der Waals surface area (Å²) >= 11 is 0. The number of hydrogen-bond acceptors (Lipinski definition) is 6. The first-order valence-corrected chi connectivity index (χ1v) is 8.89. The Labute approximate surface area is 151 Å². The summed E-state index contributed by atoms with van der Waals surface area (Å²) < 4.78 is 11.1. The van der Waals surface area contributed by atoms with Crippen molar-refractivity contribution in [3.63, 3.8) is 0 Å². The van der Waals surface area contributed by atoms with E-state index in [1.807, 2.05) is 13.8 Å². The molecule has 0 spiro atoms. The monoisotopic (exact) mass is 360 g/mol. The van der Waals surface area contributed by atoms with Crippen molar-refractivity contribution in [2.75, 3.05) is 19.7 Å². The summed E-state index contributed by atoms with van der Waals surface area (Å²) in [5.74, 6) is 0.612. The van der Waals surface area contributed by atoms with Crippen molar-refractivity contribution < 1.29 is 18.7 Å². The third kappa shape index (κ3) is 3.79. The summed E-state index contributed by atoms with van der Waals surface area (Å²) in [5.41, 5.74) is 1.31. The zero-order valence-electron chi connectivity index (χ0n) is 15.4. The molecule has 1 unspecified atom stereocenters. The normalized spacial score (nSPS) is 15.7. The Balaban J connectivity index is 1.58. The van der Waals surface area contributed by atoms with Crippen molar-refractivity contribution in [1.29, 1.82) is 0 Å². The van der Waals surface area contributed by atoms with E-state index in [-0.39, 0.29) is 18.4 Å². The van der Waals surface area contributed by atoms with Gasteiger partial charge in [-0.1, -0.05) is 0 Å². The lowest BCUT2D eigenvalue weighted by Crippen LogP contribution is -2.49. The lowest BCUT2D eigenvalue weighted by atomic mass is 10.1. The highest BCUT2D eigenvalue weighted by molar-refractivity contribution is 5.88. The predicted octanol–water partition coefficient (Wildman–Crippen LogP) is 1.74. The molecule has 26 heavy (non-hydrogen) atoms. The summed E-state index contributed by atoms with van der Waals surface area (Å²) in [7, 11) is 0. The molecule has 1 atom stereocenters. The van der Waals surface area contributed by atoms with E-state index in [9.17, 15) is 9.59 Å². The van der Waals surface area contributed by atoms with Crippen molar-refractivity contribution in [3.05, 3.63) is 17.7 Å². The second-order valence-electron chi connectivity index (χ2n) is 6.61. The number of amides is 2.